The highest BCUT2D eigenvalue weighted by Gasteiger charge is 1.90. The van der Waals surface area contributed by atoms with E-state index < -0.39 is 0 Å². The minimum absolute atomic E-state index is 0.107. The fourth-order valence-electron chi connectivity index (χ4n) is 0.766. The van der Waals surface area contributed by atoms with Crippen molar-refractivity contribution < 1.29 is 8.62 Å². The lowest BCUT2D eigenvalue weighted by molar-refractivity contribution is 0.324. The Kier molecular flexibility index (Phi) is 4.56. The van der Waals surface area contributed by atoms with Crippen LogP contribution in [0.2, 0.25) is 0 Å². The van der Waals surface area contributed by atoms with E-state index in [0.717, 1.165) is 5.75 Å². The smallest absolute Gasteiger partial charge is 0.131 e. The molecular weight excluding hydrogens is 177 g/mol. The summed E-state index contributed by atoms with van der Waals surface area (Å²) in [7, 11) is 0. The van der Waals surface area contributed by atoms with Crippen molar-refractivity contribution in [1.82, 2.24) is 4.72 Å². The molecule has 0 atom stereocenters. The summed E-state index contributed by atoms with van der Waals surface area (Å²) in [6.07, 6.45) is 0. The number of benzene rings is 1. The molecule has 0 fully saturated rings. The van der Waals surface area contributed by atoms with Gasteiger partial charge in [-0.25, -0.2) is 4.72 Å². The summed E-state index contributed by atoms with van der Waals surface area (Å²) in [6.45, 7) is 0.969. The van der Waals surface area contributed by atoms with Crippen molar-refractivity contribution in [3.05, 3.63) is 30.3 Å². The zero-order valence-corrected chi connectivity index (χ0v) is 7.31. The minimum Gasteiger partial charge on any atom is -0.492 e. The van der Waals surface area contributed by atoms with E-state index in [2.05, 4.69) is 4.72 Å². The summed E-state index contributed by atoms with van der Waals surface area (Å²) in [5.41, 5.74) is 0. The van der Waals surface area contributed by atoms with Crippen LogP contribution in [0.5, 0.6) is 5.75 Å². The Hall–Kier alpha value is -0.740. The van der Waals surface area contributed by atoms with Crippen LogP contribution in [-0.2, 0) is 0 Å². The molecule has 0 radical (unpaired) electrons. The van der Waals surface area contributed by atoms with Gasteiger partial charge in [-0.1, -0.05) is 18.2 Å². The predicted molar refractivity (Wildman–Crippen MR) is 48.6 cm³/mol. The molecule has 2 nitrogen and oxygen atoms in total. The molecule has 0 aliphatic carbocycles. The van der Waals surface area contributed by atoms with Gasteiger partial charge in [0.05, 0.1) is 0 Å². The van der Waals surface area contributed by atoms with Crippen molar-refractivity contribution >= 4 is 12.3 Å². The van der Waals surface area contributed by atoms with Crippen molar-refractivity contribution in [2.24, 2.45) is 0 Å². The number of nitrogens with one attached hydrogen (secondary N) is 1. The third-order valence-corrected chi connectivity index (χ3v) is 1.58. The number of para-hydroxylation sites is 1. The molecule has 1 N–H and O–H groups in total. The summed E-state index contributed by atoms with van der Waals surface area (Å²) in [4.78, 5) is 0. The fraction of sp³-hybridized carbons (Fsp3) is 0.250. The maximum atomic E-state index is 11.5. The topological polar surface area (TPSA) is 21.3 Å². The summed E-state index contributed by atoms with van der Waals surface area (Å²) >= 11 is 0.107. The lowest BCUT2D eigenvalue weighted by Gasteiger charge is -2.03. The van der Waals surface area contributed by atoms with Crippen LogP contribution in [0.15, 0.2) is 30.3 Å². The second-order valence-electron chi connectivity index (χ2n) is 2.13. The molecule has 0 aromatic heterocycles. The van der Waals surface area contributed by atoms with Gasteiger partial charge in [0.1, 0.15) is 24.7 Å². The number of rotatable bonds is 5. The van der Waals surface area contributed by atoms with Crippen molar-refractivity contribution in [2.75, 3.05) is 13.2 Å². The molecule has 1 aromatic carbocycles. The Labute approximate surface area is 75.5 Å². The second kappa shape index (κ2) is 5.85. The number of halogens is 1. The van der Waals surface area contributed by atoms with Crippen LogP contribution in [0.4, 0.5) is 3.89 Å². The molecule has 0 amide bonds. The molecule has 1 rings (SSSR count). The van der Waals surface area contributed by atoms with Crippen molar-refractivity contribution in [3.8, 4) is 5.75 Å². The number of ether oxygens (including phenoxy) is 1. The second-order valence-corrected chi connectivity index (χ2v) is 2.58. The molecule has 1 aromatic rings. The van der Waals surface area contributed by atoms with Gasteiger partial charge in [0.15, 0.2) is 0 Å². The summed E-state index contributed by atoms with van der Waals surface area (Å²) in [5.74, 6) is 0.808. The van der Waals surface area contributed by atoms with E-state index in [4.69, 9.17) is 4.74 Å². The highest BCUT2D eigenvalue weighted by atomic mass is 32.2. The van der Waals surface area contributed by atoms with E-state index in [1.165, 1.54) is 0 Å². The first-order chi connectivity index (χ1) is 5.93. The molecule has 66 valence electrons. The van der Waals surface area contributed by atoms with Crippen LogP contribution in [0.1, 0.15) is 0 Å². The Morgan fingerprint density at radius 3 is 2.75 bits per heavy atom. The Balaban J connectivity index is 2.16. The number of hydrogen-bond donors (Lipinski definition) is 1. The van der Waals surface area contributed by atoms with Gasteiger partial charge in [0.25, 0.3) is 0 Å². The third-order valence-electron chi connectivity index (χ3n) is 1.27. The van der Waals surface area contributed by atoms with Crippen molar-refractivity contribution in [2.45, 2.75) is 0 Å². The average molecular weight is 187 g/mol. The first-order valence-corrected chi connectivity index (χ1v) is 4.33. The molecule has 0 saturated heterocycles. The molecule has 0 spiro atoms. The minimum atomic E-state index is 0.107. The number of hydrogen-bond acceptors (Lipinski definition) is 3. The van der Waals surface area contributed by atoms with Crippen LogP contribution in [-0.4, -0.2) is 13.2 Å². The van der Waals surface area contributed by atoms with Gasteiger partial charge < -0.3 is 4.74 Å². The van der Waals surface area contributed by atoms with Gasteiger partial charge in [0, 0.05) is 6.54 Å². The highest BCUT2D eigenvalue weighted by molar-refractivity contribution is 7.92. The van der Waals surface area contributed by atoms with E-state index in [0.29, 0.717) is 13.2 Å². The molecule has 4 heteroatoms. The standard InChI is InChI=1S/C8H10FNOS/c9-12-10-6-7-11-8-4-2-1-3-5-8/h1-5,10H,6-7H2. The largest absolute Gasteiger partial charge is 0.492 e. The van der Waals surface area contributed by atoms with E-state index in [1.807, 2.05) is 30.3 Å². The quantitative estimate of drug-likeness (QED) is 0.564. The maximum Gasteiger partial charge on any atom is 0.131 e. The predicted octanol–water partition coefficient (Wildman–Crippen LogP) is 2.19. The molecule has 0 aliphatic rings. The maximum absolute atomic E-state index is 11.5. The van der Waals surface area contributed by atoms with Crippen LogP contribution in [0.3, 0.4) is 0 Å². The summed E-state index contributed by atoms with van der Waals surface area (Å²) in [5, 5.41) is 0. The lowest BCUT2D eigenvalue weighted by Crippen LogP contribution is -2.13. The fourth-order valence-corrected chi connectivity index (χ4v) is 0.926. The van der Waals surface area contributed by atoms with Crippen LogP contribution in [0, 0.1) is 0 Å². The Morgan fingerprint density at radius 1 is 1.33 bits per heavy atom. The average Bonchev–Trinajstić information content (AvgIpc) is 2.14. The highest BCUT2D eigenvalue weighted by Crippen LogP contribution is 2.07. The van der Waals surface area contributed by atoms with E-state index in [9.17, 15) is 3.89 Å². The van der Waals surface area contributed by atoms with Crippen molar-refractivity contribution in [1.29, 1.82) is 0 Å². The lowest BCUT2D eigenvalue weighted by atomic mass is 10.3. The third kappa shape index (κ3) is 3.59. The van der Waals surface area contributed by atoms with Gasteiger partial charge in [-0.05, 0) is 12.1 Å². The zero-order chi connectivity index (χ0) is 8.65. The van der Waals surface area contributed by atoms with Gasteiger partial charge in [-0.3, -0.25) is 0 Å². The van der Waals surface area contributed by atoms with Gasteiger partial charge in [-0.2, -0.15) is 0 Å². The SMILES string of the molecule is FSNCCOc1ccccc1. The van der Waals surface area contributed by atoms with E-state index >= 15 is 0 Å². The van der Waals surface area contributed by atoms with Crippen LogP contribution < -0.4 is 9.46 Å². The molecular formula is C8H10FNOS. The van der Waals surface area contributed by atoms with Gasteiger partial charge >= 0.3 is 0 Å². The molecule has 0 saturated carbocycles. The Bertz CT molecular complexity index is 207. The van der Waals surface area contributed by atoms with Gasteiger partial charge in [0.2, 0.25) is 0 Å². The van der Waals surface area contributed by atoms with Crippen LogP contribution in [0.25, 0.3) is 0 Å². The monoisotopic (exact) mass is 187 g/mol. The normalized spacial score (nSPS) is 9.75. The van der Waals surface area contributed by atoms with Crippen molar-refractivity contribution in [3.63, 3.8) is 0 Å². The first kappa shape index (κ1) is 9.35. The van der Waals surface area contributed by atoms with E-state index in [-0.39, 0.29) is 12.3 Å². The Morgan fingerprint density at radius 2 is 2.08 bits per heavy atom. The van der Waals surface area contributed by atoms with Gasteiger partial charge in [-0.15, -0.1) is 3.89 Å². The summed E-state index contributed by atoms with van der Waals surface area (Å²) < 4.78 is 19.2. The first-order valence-electron chi connectivity index (χ1n) is 3.62. The molecule has 0 aliphatic heterocycles. The van der Waals surface area contributed by atoms with Crippen LogP contribution >= 0.6 is 12.3 Å². The molecule has 12 heavy (non-hydrogen) atoms. The molecule has 0 heterocycles. The van der Waals surface area contributed by atoms with E-state index in [1.54, 1.807) is 0 Å². The zero-order valence-electron chi connectivity index (χ0n) is 6.50. The summed E-state index contributed by atoms with van der Waals surface area (Å²) in [6, 6.07) is 9.44. The molecule has 0 unspecified atom stereocenters. The molecule has 0 bridgehead atoms.